The number of hydrogen-bond acceptors (Lipinski definition) is 4. The van der Waals surface area contributed by atoms with Crippen molar-refractivity contribution in [1.82, 2.24) is 10.6 Å². The molecule has 1 fully saturated rings. The second-order valence-electron chi connectivity index (χ2n) is 4.66. The van der Waals surface area contributed by atoms with Crippen LogP contribution < -0.4 is 10.6 Å². The topological polar surface area (TPSA) is 75.3 Å². The van der Waals surface area contributed by atoms with Crippen molar-refractivity contribution in [2.45, 2.75) is 32.7 Å². The molecule has 0 saturated carbocycles. The van der Waals surface area contributed by atoms with Crippen LogP contribution in [0, 0.1) is 5.92 Å². The van der Waals surface area contributed by atoms with Crippen LogP contribution in [0.3, 0.4) is 0 Å². The molecule has 1 rings (SSSR count). The lowest BCUT2D eigenvalue weighted by molar-refractivity contribution is -0.119. The molecule has 5 nitrogen and oxygen atoms in total. The number of nitrogens with one attached hydrogen (secondary N) is 2. The monoisotopic (exact) mass is 262 g/mol. The Morgan fingerprint density at radius 2 is 1.94 bits per heavy atom. The van der Waals surface area contributed by atoms with Gasteiger partial charge in [-0.3, -0.25) is 4.79 Å². The zero-order valence-electron chi connectivity index (χ0n) is 10.5. The van der Waals surface area contributed by atoms with Crippen LogP contribution in [0.5, 0.6) is 0 Å². The Balaban J connectivity index is 2.37. The first-order valence-corrected chi connectivity index (χ1v) is 7.99. The van der Waals surface area contributed by atoms with E-state index in [1.807, 2.05) is 13.8 Å². The Kier molecular flexibility index (Phi) is 5.39. The molecule has 0 aromatic heterocycles. The van der Waals surface area contributed by atoms with E-state index in [0.717, 1.165) is 25.9 Å². The molecule has 1 aliphatic rings. The molecule has 0 aromatic carbocycles. The van der Waals surface area contributed by atoms with E-state index in [0.29, 0.717) is 0 Å². The zero-order chi connectivity index (χ0) is 12.9. The van der Waals surface area contributed by atoms with Crippen molar-refractivity contribution in [3.05, 3.63) is 0 Å². The highest BCUT2D eigenvalue weighted by molar-refractivity contribution is 7.92. The third-order valence-electron chi connectivity index (χ3n) is 3.06. The van der Waals surface area contributed by atoms with Crippen molar-refractivity contribution in [2.24, 2.45) is 5.92 Å². The first-order valence-electron chi connectivity index (χ1n) is 6.17. The third-order valence-corrected chi connectivity index (χ3v) is 4.74. The van der Waals surface area contributed by atoms with Crippen LogP contribution in [0.2, 0.25) is 0 Å². The van der Waals surface area contributed by atoms with Crippen LogP contribution in [0.15, 0.2) is 0 Å². The average molecular weight is 262 g/mol. The maximum atomic E-state index is 11.7. The van der Waals surface area contributed by atoms with Gasteiger partial charge in [0, 0.05) is 19.1 Å². The molecule has 0 atom stereocenters. The Hall–Kier alpha value is -0.620. The fraction of sp³-hybridized carbons (Fsp3) is 0.909. The molecule has 0 bridgehead atoms. The standard InChI is InChI=1S/C11H22N2O3S/c1-3-10(4-2)13-11(14)8-17(15,16)7-9-5-12-6-9/h9-10,12H,3-8H2,1-2H3,(H,13,14). The van der Waals surface area contributed by atoms with E-state index in [-0.39, 0.29) is 29.4 Å². The molecule has 0 unspecified atom stereocenters. The van der Waals surface area contributed by atoms with Crippen LogP contribution in [0.1, 0.15) is 26.7 Å². The number of carbonyl (C=O) groups is 1. The van der Waals surface area contributed by atoms with Gasteiger partial charge in [0.05, 0.1) is 5.75 Å². The van der Waals surface area contributed by atoms with E-state index in [4.69, 9.17) is 0 Å². The molecule has 1 amide bonds. The minimum Gasteiger partial charge on any atom is -0.353 e. The number of amides is 1. The van der Waals surface area contributed by atoms with E-state index in [1.165, 1.54) is 0 Å². The van der Waals surface area contributed by atoms with E-state index in [9.17, 15) is 13.2 Å². The van der Waals surface area contributed by atoms with E-state index in [1.54, 1.807) is 0 Å². The first kappa shape index (κ1) is 14.4. The van der Waals surface area contributed by atoms with Crippen molar-refractivity contribution in [1.29, 1.82) is 0 Å². The number of sulfone groups is 1. The second-order valence-corrected chi connectivity index (χ2v) is 6.77. The lowest BCUT2D eigenvalue weighted by atomic mass is 10.1. The van der Waals surface area contributed by atoms with Gasteiger partial charge in [-0.25, -0.2) is 8.42 Å². The fourth-order valence-corrected chi connectivity index (χ4v) is 3.40. The van der Waals surface area contributed by atoms with Gasteiger partial charge in [-0.15, -0.1) is 0 Å². The summed E-state index contributed by atoms with van der Waals surface area (Å²) in [5.41, 5.74) is 0. The van der Waals surface area contributed by atoms with Gasteiger partial charge < -0.3 is 10.6 Å². The summed E-state index contributed by atoms with van der Waals surface area (Å²) in [6.45, 7) is 5.44. The molecule has 0 aliphatic carbocycles. The van der Waals surface area contributed by atoms with Crippen LogP contribution in [-0.4, -0.2) is 45.0 Å². The van der Waals surface area contributed by atoms with Crippen LogP contribution in [-0.2, 0) is 14.6 Å². The van der Waals surface area contributed by atoms with E-state index in [2.05, 4.69) is 10.6 Å². The van der Waals surface area contributed by atoms with Gasteiger partial charge in [0.25, 0.3) is 0 Å². The van der Waals surface area contributed by atoms with Crippen LogP contribution >= 0.6 is 0 Å². The highest BCUT2D eigenvalue weighted by Gasteiger charge is 2.26. The maximum absolute atomic E-state index is 11.7. The van der Waals surface area contributed by atoms with Crippen molar-refractivity contribution in [3.63, 3.8) is 0 Å². The maximum Gasteiger partial charge on any atom is 0.235 e. The molecule has 0 radical (unpaired) electrons. The number of rotatable bonds is 7. The molecular formula is C11H22N2O3S. The molecule has 2 N–H and O–H groups in total. The molecule has 17 heavy (non-hydrogen) atoms. The minimum atomic E-state index is -3.26. The highest BCUT2D eigenvalue weighted by atomic mass is 32.2. The number of carbonyl (C=O) groups excluding carboxylic acids is 1. The molecule has 1 aliphatic heterocycles. The lowest BCUT2D eigenvalue weighted by Gasteiger charge is -2.26. The van der Waals surface area contributed by atoms with Crippen LogP contribution in [0.25, 0.3) is 0 Å². The predicted octanol–water partition coefficient (Wildman–Crippen LogP) is -0.0746. The summed E-state index contributed by atoms with van der Waals surface area (Å²) in [5, 5.41) is 5.77. The summed E-state index contributed by atoms with van der Waals surface area (Å²) >= 11 is 0. The van der Waals surface area contributed by atoms with Gasteiger partial charge in [-0.2, -0.15) is 0 Å². The van der Waals surface area contributed by atoms with Gasteiger partial charge in [0.1, 0.15) is 5.75 Å². The Labute approximate surface area is 103 Å². The number of hydrogen-bond donors (Lipinski definition) is 2. The summed E-state index contributed by atoms with van der Waals surface area (Å²) in [4.78, 5) is 11.6. The quantitative estimate of drug-likeness (QED) is 0.673. The van der Waals surface area contributed by atoms with Crippen LogP contribution in [0.4, 0.5) is 0 Å². The largest absolute Gasteiger partial charge is 0.353 e. The normalized spacial score (nSPS) is 16.9. The van der Waals surface area contributed by atoms with Crippen molar-refractivity contribution in [3.8, 4) is 0 Å². The van der Waals surface area contributed by atoms with Crippen molar-refractivity contribution in [2.75, 3.05) is 24.6 Å². The summed E-state index contributed by atoms with van der Waals surface area (Å²) in [6.07, 6.45) is 1.66. The molecule has 0 aromatic rings. The van der Waals surface area contributed by atoms with Crippen molar-refractivity contribution >= 4 is 15.7 Å². The van der Waals surface area contributed by atoms with Gasteiger partial charge >= 0.3 is 0 Å². The Morgan fingerprint density at radius 1 is 1.35 bits per heavy atom. The predicted molar refractivity (Wildman–Crippen MR) is 67.5 cm³/mol. The van der Waals surface area contributed by atoms with Gasteiger partial charge in [0.15, 0.2) is 9.84 Å². The summed E-state index contributed by atoms with van der Waals surface area (Å²) in [7, 11) is -3.26. The second kappa shape index (κ2) is 6.35. The zero-order valence-corrected chi connectivity index (χ0v) is 11.3. The highest BCUT2D eigenvalue weighted by Crippen LogP contribution is 2.07. The fourth-order valence-electron chi connectivity index (χ4n) is 1.85. The van der Waals surface area contributed by atoms with Gasteiger partial charge in [0.2, 0.25) is 5.91 Å². The third kappa shape index (κ3) is 5.04. The lowest BCUT2D eigenvalue weighted by Crippen LogP contribution is -2.47. The smallest absolute Gasteiger partial charge is 0.235 e. The summed E-state index contributed by atoms with van der Waals surface area (Å²) < 4.78 is 23.4. The molecule has 100 valence electrons. The van der Waals surface area contributed by atoms with Gasteiger partial charge in [-0.05, 0) is 18.8 Å². The SMILES string of the molecule is CCC(CC)NC(=O)CS(=O)(=O)CC1CNC1. The Bertz CT molecular complexity index is 346. The van der Waals surface area contributed by atoms with Crippen molar-refractivity contribution < 1.29 is 13.2 Å². The molecule has 1 heterocycles. The first-order chi connectivity index (χ1) is 7.96. The molecule has 1 saturated heterocycles. The minimum absolute atomic E-state index is 0.0862. The molecular weight excluding hydrogens is 240 g/mol. The molecule has 0 spiro atoms. The average Bonchev–Trinajstić information content (AvgIpc) is 2.19. The summed E-state index contributed by atoms with van der Waals surface area (Å²) in [6, 6.07) is 0.0862. The van der Waals surface area contributed by atoms with E-state index < -0.39 is 9.84 Å². The molecule has 6 heteroatoms. The Morgan fingerprint density at radius 3 is 2.35 bits per heavy atom. The summed E-state index contributed by atoms with van der Waals surface area (Å²) in [5.74, 6) is -0.442. The van der Waals surface area contributed by atoms with Gasteiger partial charge in [-0.1, -0.05) is 13.8 Å². The van der Waals surface area contributed by atoms with E-state index >= 15 is 0 Å².